The van der Waals surface area contributed by atoms with Crippen LogP contribution in [0.1, 0.15) is 0 Å². The van der Waals surface area contributed by atoms with E-state index in [1.54, 1.807) is 0 Å². The molecule has 1 rings (SSSR count). The molecule has 0 aliphatic carbocycles. The Morgan fingerprint density at radius 2 is 2.60 bits per heavy atom. The third-order valence-corrected chi connectivity index (χ3v) is 3.53. The second kappa shape index (κ2) is 1.84. The summed E-state index contributed by atoms with van der Waals surface area (Å²) < 4.78 is 2.26. The van der Waals surface area contributed by atoms with Gasteiger partial charge in [-0.3, -0.25) is 0 Å². The number of thioether (sulfide) groups is 1. The second-order valence-corrected chi connectivity index (χ2v) is 4.01. The molecule has 1 aliphatic heterocycles. The van der Waals surface area contributed by atoms with Crippen LogP contribution in [0.2, 0.25) is 0 Å². The van der Waals surface area contributed by atoms with E-state index in [-0.39, 0.29) is 0 Å². The zero-order valence-electron chi connectivity index (χ0n) is 2.59. The van der Waals surface area contributed by atoms with E-state index >= 15 is 0 Å². The molecule has 0 unspecified atom stereocenters. The first kappa shape index (κ1) is 3.70. The molecule has 0 saturated heterocycles. The van der Waals surface area contributed by atoms with Crippen molar-refractivity contribution in [1.82, 2.24) is 0 Å². The van der Waals surface area contributed by atoms with Crippen LogP contribution in [0.15, 0.2) is 10.3 Å². The van der Waals surface area contributed by atoms with E-state index in [9.17, 15) is 0 Å². The molecule has 0 atom stereocenters. The zero-order chi connectivity index (χ0) is 3.54. The van der Waals surface area contributed by atoms with Gasteiger partial charge in [0.25, 0.3) is 0 Å². The molecule has 1 heterocycles. The first-order valence-corrected chi connectivity index (χ1v) is 4.43. The molecule has 0 amide bonds. The van der Waals surface area contributed by atoms with Crippen molar-refractivity contribution < 1.29 is 0 Å². The van der Waals surface area contributed by atoms with Crippen molar-refractivity contribution in [2.45, 2.75) is 0 Å². The average Bonchev–Trinajstić information content (AvgIpc) is 1.76. The van der Waals surface area contributed by atoms with Crippen molar-refractivity contribution >= 4 is 31.2 Å². The van der Waals surface area contributed by atoms with Gasteiger partial charge < -0.3 is 0 Å². The molecule has 0 fully saturated rings. The Balaban J connectivity index is 2.61. The summed E-state index contributed by atoms with van der Waals surface area (Å²) in [5.74, 6) is 0. The summed E-state index contributed by atoms with van der Waals surface area (Å²) in [6.07, 6.45) is 0. The van der Waals surface area contributed by atoms with E-state index in [1.165, 1.54) is 0 Å². The summed E-state index contributed by atoms with van der Waals surface area (Å²) >= 11 is 2.32. The zero-order valence-corrected chi connectivity index (χ0v) is 5.28. The monoisotopic (exact) mass is 146 g/mol. The summed E-state index contributed by atoms with van der Waals surface area (Å²) in [4.78, 5) is 2.24. The molecule has 26 valence electrons. The average molecular weight is 146 g/mol. The van der Waals surface area contributed by atoms with Crippen LogP contribution in [0.5, 0.6) is 0 Å². The predicted octanol–water partition coefficient (Wildman–Crippen LogP) is 0.668. The fourth-order valence-electron chi connectivity index (χ4n) is 0.176. The van der Waals surface area contributed by atoms with Gasteiger partial charge in [-0.2, -0.15) is 0 Å². The molecule has 0 N–H and O–H groups in total. The van der Waals surface area contributed by atoms with Crippen LogP contribution >= 0.6 is 11.8 Å². The van der Waals surface area contributed by atoms with Crippen LogP contribution in [0, 0.1) is 0 Å². The molecule has 5 heavy (non-hydrogen) atoms. The van der Waals surface area contributed by atoms with Crippen molar-refractivity contribution in [3.05, 3.63) is 10.3 Å². The Morgan fingerprint density at radius 3 is 2.80 bits per heavy atom. The summed E-state index contributed by atoms with van der Waals surface area (Å²) in [7, 11) is 0. The van der Waals surface area contributed by atoms with Gasteiger partial charge in [0.2, 0.25) is 0 Å². The number of hydrogen-bond acceptors (Lipinski definition) is 1. The maximum atomic E-state index is 2.26. The van der Waals surface area contributed by atoms with E-state index in [0.717, 1.165) is 0 Å². The van der Waals surface area contributed by atoms with Gasteiger partial charge in [-0.1, -0.05) is 0 Å². The quantitative estimate of drug-likeness (QED) is 0.452. The molecule has 0 saturated carbocycles. The van der Waals surface area contributed by atoms with E-state index in [4.69, 9.17) is 0 Å². The minimum atomic E-state index is 0.512. The van der Waals surface area contributed by atoms with Gasteiger partial charge in [-0.15, -0.1) is 0 Å². The Kier molecular flexibility index (Phi) is 1.36. The first-order chi connectivity index (χ1) is 2.50. The van der Waals surface area contributed by atoms with E-state index in [1.807, 2.05) is 11.8 Å². The predicted molar refractivity (Wildman–Crippen MR) is 28.5 cm³/mol. The second-order valence-electron chi connectivity index (χ2n) is 0.676. The van der Waals surface area contributed by atoms with Crippen LogP contribution in [0.3, 0.4) is 0 Å². The summed E-state index contributed by atoms with van der Waals surface area (Å²) in [5, 5.41) is 2.14. The topological polar surface area (TPSA) is 0 Å². The van der Waals surface area contributed by atoms with Crippen molar-refractivity contribution in [3.63, 3.8) is 0 Å². The molecule has 2 heteroatoms. The molecule has 0 aromatic heterocycles. The van der Waals surface area contributed by atoms with Gasteiger partial charge in [0.15, 0.2) is 0 Å². The Bertz CT molecular complexity index is 65.0. The fraction of sp³-hybridized carbons (Fsp3) is 0. The minimum absolute atomic E-state index is 0.512. The van der Waals surface area contributed by atoms with Gasteiger partial charge in [0, 0.05) is 0 Å². The van der Waals surface area contributed by atoms with E-state index < -0.39 is 0 Å². The molecule has 0 aromatic carbocycles. The van der Waals surface area contributed by atoms with Crippen molar-refractivity contribution in [3.8, 4) is 0 Å². The SMILES string of the molecule is C1=C[As]=CS1. The summed E-state index contributed by atoms with van der Waals surface area (Å²) in [6.45, 7) is 0. The van der Waals surface area contributed by atoms with Crippen LogP contribution < -0.4 is 0 Å². The van der Waals surface area contributed by atoms with Gasteiger partial charge in [0.1, 0.15) is 0 Å². The Morgan fingerprint density at radius 1 is 1.60 bits per heavy atom. The van der Waals surface area contributed by atoms with Crippen LogP contribution in [-0.4, -0.2) is 19.4 Å². The molecular weight excluding hydrogens is 143 g/mol. The van der Waals surface area contributed by atoms with E-state index in [0.29, 0.717) is 15.3 Å². The molecule has 0 radical (unpaired) electrons. The fourth-order valence-corrected chi connectivity index (χ4v) is 2.74. The molecular formula is C3H3AsS. The van der Waals surface area contributed by atoms with Gasteiger partial charge in [-0.05, 0) is 0 Å². The Labute approximate surface area is 41.9 Å². The van der Waals surface area contributed by atoms with Crippen molar-refractivity contribution in [1.29, 1.82) is 0 Å². The normalized spacial score (nSPS) is 20.8. The van der Waals surface area contributed by atoms with Crippen LogP contribution in [0.25, 0.3) is 0 Å². The number of rotatable bonds is 0. The standard InChI is InChI=1S/C3H3AsS/c1-2-5-3-4-1/h1-3H. The molecule has 0 aromatic rings. The molecule has 1 aliphatic rings. The maximum absolute atomic E-state index is 2.26. The molecule has 0 bridgehead atoms. The van der Waals surface area contributed by atoms with Gasteiger partial charge >= 0.3 is 41.5 Å². The number of hydrogen-bond donors (Lipinski definition) is 0. The summed E-state index contributed by atoms with van der Waals surface area (Å²) in [6, 6.07) is 0. The molecule has 0 nitrogen and oxygen atoms in total. The van der Waals surface area contributed by atoms with E-state index in [2.05, 4.69) is 14.4 Å². The van der Waals surface area contributed by atoms with Crippen molar-refractivity contribution in [2.75, 3.05) is 0 Å². The molecule has 0 spiro atoms. The third-order valence-electron chi connectivity index (χ3n) is 0.347. The third kappa shape index (κ3) is 0.941. The van der Waals surface area contributed by atoms with Crippen LogP contribution in [0.4, 0.5) is 0 Å². The van der Waals surface area contributed by atoms with Gasteiger partial charge in [-0.25, -0.2) is 0 Å². The van der Waals surface area contributed by atoms with Crippen LogP contribution in [-0.2, 0) is 0 Å². The Hall–Kier alpha value is 0.518. The summed E-state index contributed by atoms with van der Waals surface area (Å²) in [5.41, 5.74) is 0. The first-order valence-electron chi connectivity index (χ1n) is 1.32. The van der Waals surface area contributed by atoms with Gasteiger partial charge in [0.05, 0.1) is 0 Å². The van der Waals surface area contributed by atoms with Crippen molar-refractivity contribution in [2.24, 2.45) is 0 Å².